The Kier molecular flexibility index (Phi) is 3.71. The number of rotatable bonds is 3. The Bertz CT molecular complexity index is 531. The third-order valence-electron chi connectivity index (χ3n) is 2.24. The van der Waals surface area contributed by atoms with Crippen LogP contribution in [0.25, 0.3) is 0 Å². The van der Waals surface area contributed by atoms with Crippen LogP contribution in [0, 0.1) is 6.92 Å². The topological polar surface area (TPSA) is 61.0 Å². The Morgan fingerprint density at radius 2 is 2.12 bits per heavy atom. The van der Waals surface area contributed by atoms with E-state index >= 15 is 0 Å². The number of nitrogens with two attached hydrogens (primary N) is 1. The molecule has 0 radical (unpaired) electrons. The summed E-state index contributed by atoms with van der Waals surface area (Å²) in [5.74, 6) is 1.24. The van der Waals surface area contributed by atoms with Gasteiger partial charge in [0, 0.05) is 28.3 Å². The third-order valence-corrected chi connectivity index (χ3v) is 2.73. The van der Waals surface area contributed by atoms with Crippen LogP contribution in [0.1, 0.15) is 11.3 Å². The Hall–Kier alpha value is -1.46. The van der Waals surface area contributed by atoms with Gasteiger partial charge in [-0.15, -0.1) is 0 Å². The predicted molar refractivity (Wildman–Crippen MR) is 68.9 cm³/mol. The molecule has 0 aliphatic heterocycles. The van der Waals surface area contributed by atoms with Gasteiger partial charge in [0.05, 0.1) is 0 Å². The minimum absolute atomic E-state index is 0.416. The molecule has 2 N–H and O–H groups in total. The van der Waals surface area contributed by atoms with Crippen molar-refractivity contribution in [2.24, 2.45) is 5.73 Å². The molecule has 1 heterocycles. The summed E-state index contributed by atoms with van der Waals surface area (Å²) in [6, 6.07) is 7.48. The highest BCUT2D eigenvalue weighted by Gasteiger charge is 2.05. The van der Waals surface area contributed by atoms with Gasteiger partial charge in [-0.2, -0.15) is 0 Å². The van der Waals surface area contributed by atoms with Crippen molar-refractivity contribution in [2.45, 2.75) is 13.5 Å². The minimum atomic E-state index is 0.416. The molecule has 0 saturated carbocycles. The molecule has 17 heavy (non-hydrogen) atoms. The van der Waals surface area contributed by atoms with E-state index in [4.69, 9.17) is 10.5 Å². The quantitative estimate of drug-likeness (QED) is 0.945. The number of hydrogen-bond acceptors (Lipinski definition) is 4. The molecule has 0 saturated heterocycles. The van der Waals surface area contributed by atoms with Crippen LogP contribution >= 0.6 is 15.9 Å². The first-order chi connectivity index (χ1) is 8.19. The molecule has 0 aliphatic rings. The largest absolute Gasteiger partial charge is 0.439 e. The number of ether oxygens (including phenoxy) is 1. The van der Waals surface area contributed by atoms with Crippen LogP contribution in [-0.4, -0.2) is 9.97 Å². The number of halogens is 1. The molecule has 0 atom stereocenters. The first-order valence-electron chi connectivity index (χ1n) is 5.14. The number of hydrogen-bond donors (Lipinski definition) is 1. The van der Waals surface area contributed by atoms with E-state index in [1.54, 1.807) is 6.07 Å². The molecular weight excluding hydrogens is 282 g/mol. The van der Waals surface area contributed by atoms with Gasteiger partial charge in [0.15, 0.2) is 0 Å². The lowest BCUT2D eigenvalue weighted by Gasteiger charge is -2.09. The fourth-order valence-corrected chi connectivity index (χ4v) is 1.81. The summed E-state index contributed by atoms with van der Waals surface area (Å²) in [4.78, 5) is 8.06. The number of aromatic nitrogens is 2. The zero-order valence-corrected chi connectivity index (χ0v) is 10.9. The van der Waals surface area contributed by atoms with Crippen LogP contribution in [0.15, 0.2) is 35.1 Å². The van der Waals surface area contributed by atoms with E-state index in [2.05, 4.69) is 25.9 Å². The van der Waals surface area contributed by atoms with E-state index in [0.717, 1.165) is 15.7 Å². The molecule has 1 aromatic heterocycles. The Morgan fingerprint density at radius 1 is 1.29 bits per heavy atom. The average molecular weight is 294 g/mol. The minimum Gasteiger partial charge on any atom is -0.439 e. The zero-order chi connectivity index (χ0) is 12.3. The number of benzene rings is 1. The van der Waals surface area contributed by atoms with Crippen LogP contribution in [-0.2, 0) is 6.54 Å². The molecule has 0 fully saturated rings. The maximum Gasteiger partial charge on any atom is 0.222 e. The maximum atomic E-state index is 5.68. The zero-order valence-electron chi connectivity index (χ0n) is 9.35. The highest BCUT2D eigenvalue weighted by atomic mass is 79.9. The summed E-state index contributed by atoms with van der Waals surface area (Å²) < 4.78 is 6.66. The summed E-state index contributed by atoms with van der Waals surface area (Å²) in [5.41, 5.74) is 7.46. The lowest BCUT2D eigenvalue weighted by atomic mass is 10.2. The van der Waals surface area contributed by atoms with Gasteiger partial charge in [-0.25, -0.2) is 9.97 Å². The molecule has 2 rings (SSSR count). The third kappa shape index (κ3) is 3.01. The van der Waals surface area contributed by atoms with Gasteiger partial charge >= 0.3 is 0 Å². The van der Waals surface area contributed by atoms with Crippen LogP contribution in [0.3, 0.4) is 0 Å². The molecule has 1 aromatic carbocycles. The first kappa shape index (κ1) is 12.0. The Morgan fingerprint density at radius 3 is 2.82 bits per heavy atom. The van der Waals surface area contributed by atoms with Gasteiger partial charge in [0.2, 0.25) is 5.88 Å². The lowest BCUT2D eigenvalue weighted by molar-refractivity contribution is 0.455. The lowest BCUT2D eigenvalue weighted by Crippen LogP contribution is -2.00. The van der Waals surface area contributed by atoms with Crippen molar-refractivity contribution in [1.29, 1.82) is 0 Å². The van der Waals surface area contributed by atoms with E-state index in [9.17, 15) is 0 Å². The summed E-state index contributed by atoms with van der Waals surface area (Å²) in [6.45, 7) is 2.30. The summed E-state index contributed by atoms with van der Waals surface area (Å²) in [5, 5.41) is 0. The van der Waals surface area contributed by atoms with Crippen molar-refractivity contribution < 1.29 is 4.74 Å². The van der Waals surface area contributed by atoms with E-state index in [-0.39, 0.29) is 0 Å². The van der Waals surface area contributed by atoms with Crippen molar-refractivity contribution in [3.8, 4) is 11.6 Å². The molecular formula is C12H12BrN3O. The average Bonchev–Trinajstić information content (AvgIpc) is 2.31. The second kappa shape index (κ2) is 5.25. The summed E-state index contributed by atoms with van der Waals surface area (Å²) in [6.07, 6.45) is 1.48. The van der Waals surface area contributed by atoms with Crippen LogP contribution in [0.4, 0.5) is 0 Å². The SMILES string of the molecule is Cc1cc(Oc2ccc(Br)cc2CN)ncn1. The van der Waals surface area contributed by atoms with Gasteiger partial charge < -0.3 is 10.5 Å². The highest BCUT2D eigenvalue weighted by molar-refractivity contribution is 9.10. The van der Waals surface area contributed by atoms with Crippen molar-refractivity contribution in [2.75, 3.05) is 0 Å². The normalized spacial score (nSPS) is 10.3. The fourth-order valence-electron chi connectivity index (χ4n) is 1.41. The smallest absolute Gasteiger partial charge is 0.222 e. The predicted octanol–water partition coefficient (Wildman–Crippen LogP) is 2.80. The molecule has 2 aromatic rings. The molecule has 4 nitrogen and oxygen atoms in total. The van der Waals surface area contributed by atoms with E-state index < -0.39 is 0 Å². The molecule has 0 amide bonds. The van der Waals surface area contributed by atoms with Crippen LogP contribution in [0.5, 0.6) is 11.6 Å². The van der Waals surface area contributed by atoms with Gasteiger partial charge in [-0.05, 0) is 25.1 Å². The van der Waals surface area contributed by atoms with Crippen molar-refractivity contribution in [1.82, 2.24) is 9.97 Å². The van der Waals surface area contributed by atoms with E-state index in [1.807, 2.05) is 25.1 Å². The van der Waals surface area contributed by atoms with Gasteiger partial charge in [0.1, 0.15) is 12.1 Å². The molecule has 0 unspecified atom stereocenters. The number of aryl methyl sites for hydroxylation is 1. The summed E-state index contributed by atoms with van der Waals surface area (Å²) >= 11 is 3.40. The molecule has 0 bridgehead atoms. The second-order valence-electron chi connectivity index (χ2n) is 3.56. The number of nitrogens with zero attached hydrogens (tertiary/aromatic N) is 2. The molecule has 0 aliphatic carbocycles. The molecule has 5 heteroatoms. The van der Waals surface area contributed by atoms with Crippen molar-refractivity contribution in [3.05, 3.63) is 46.3 Å². The van der Waals surface area contributed by atoms with Crippen molar-refractivity contribution >= 4 is 15.9 Å². The van der Waals surface area contributed by atoms with E-state index in [1.165, 1.54) is 6.33 Å². The van der Waals surface area contributed by atoms with E-state index in [0.29, 0.717) is 18.2 Å². The van der Waals surface area contributed by atoms with Gasteiger partial charge in [-0.1, -0.05) is 15.9 Å². The molecule has 88 valence electrons. The monoisotopic (exact) mass is 293 g/mol. The second-order valence-corrected chi connectivity index (χ2v) is 4.47. The maximum absolute atomic E-state index is 5.68. The van der Waals surface area contributed by atoms with Crippen molar-refractivity contribution in [3.63, 3.8) is 0 Å². The first-order valence-corrected chi connectivity index (χ1v) is 5.93. The van der Waals surface area contributed by atoms with Gasteiger partial charge in [-0.3, -0.25) is 0 Å². The molecule has 0 spiro atoms. The van der Waals surface area contributed by atoms with Crippen LogP contribution in [0.2, 0.25) is 0 Å². The standard InChI is InChI=1S/C12H12BrN3O/c1-8-4-12(16-7-15-8)17-11-3-2-10(13)5-9(11)6-14/h2-5,7H,6,14H2,1H3. The highest BCUT2D eigenvalue weighted by Crippen LogP contribution is 2.26. The summed E-state index contributed by atoms with van der Waals surface area (Å²) in [7, 11) is 0. The fraction of sp³-hybridized carbons (Fsp3) is 0.167. The Labute approximate surface area is 108 Å². The Balaban J connectivity index is 2.29. The van der Waals surface area contributed by atoms with Crippen LogP contribution < -0.4 is 10.5 Å². The van der Waals surface area contributed by atoms with Gasteiger partial charge in [0.25, 0.3) is 0 Å².